The summed E-state index contributed by atoms with van der Waals surface area (Å²) in [5.41, 5.74) is 0. The molecule has 0 aromatic carbocycles. The van der Waals surface area contributed by atoms with Crippen LogP contribution in [0.3, 0.4) is 0 Å². The van der Waals surface area contributed by atoms with Crippen LogP contribution >= 0.6 is 22.9 Å². The van der Waals surface area contributed by atoms with Crippen LogP contribution in [0, 0.1) is 5.92 Å². The number of carbonyl (C=O) groups is 1. The average Bonchev–Trinajstić information content (AvgIpc) is 2.84. The molecule has 1 aromatic heterocycles. The van der Waals surface area contributed by atoms with Crippen molar-refractivity contribution in [1.82, 2.24) is 4.72 Å². The van der Waals surface area contributed by atoms with E-state index >= 15 is 0 Å². The molecule has 0 saturated heterocycles. The van der Waals surface area contributed by atoms with E-state index in [9.17, 15) is 27.1 Å². The Morgan fingerprint density at radius 3 is 2.45 bits per heavy atom. The van der Waals surface area contributed by atoms with Crippen molar-refractivity contribution in [2.75, 3.05) is 0 Å². The second kappa shape index (κ2) is 6.38. The average molecular weight is 374 g/mol. The number of rotatable bonds is 5. The Hall–Kier alpha value is -0.770. The van der Waals surface area contributed by atoms with Gasteiger partial charge in [0.15, 0.2) is 0 Å². The van der Waals surface area contributed by atoms with Crippen LogP contribution in [0.25, 0.3) is 0 Å². The predicted octanol–water partition coefficient (Wildman–Crippen LogP) is 2.96. The number of hydrogen-bond acceptors (Lipinski definition) is 4. The lowest BCUT2D eigenvalue weighted by Gasteiger charge is -2.31. The maximum atomic E-state index is 13.1. The van der Waals surface area contributed by atoms with Gasteiger partial charge < -0.3 is 5.11 Å². The molecular weight excluding hydrogens is 360 g/mol. The highest BCUT2D eigenvalue weighted by Gasteiger charge is 2.41. The molecule has 0 bridgehead atoms. The second-order valence-corrected chi connectivity index (χ2v) is 8.85. The molecule has 1 heterocycles. The molecular formula is C12H14ClF2NO4S2. The third-order valence-corrected chi connectivity index (χ3v) is 6.76. The highest BCUT2D eigenvalue weighted by Crippen LogP contribution is 2.38. The third-order valence-electron chi connectivity index (χ3n) is 3.59. The van der Waals surface area contributed by atoms with Gasteiger partial charge in [-0.05, 0) is 30.9 Å². The molecule has 22 heavy (non-hydrogen) atoms. The number of nitrogens with one attached hydrogen (secondary N) is 1. The lowest BCUT2D eigenvalue weighted by molar-refractivity contribution is -0.142. The Kier molecular flexibility index (Phi) is 5.10. The first-order valence-corrected chi connectivity index (χ1v) is 9.17. The van der Waals surface area contributed by atoms with Crippen molar-refractivity contribution in [3.8, 4) is 0 Å². The lowest BCUT2D eigenvalue weighted by Crippen LogP contribution is -2.47. The molecule has 0 amide bonds. The molecule has 5 nitrogen and oxygen atoms in total. The fraction of sp³-hybridized carbons (Fsp3) is 0.583. The first-order chi connectivity index (χ1) is 10.1. The van der Waals surface area contributed by atoms with Crippen LogP contribution < -0.4 is 4.72 Å². The minimum Gasteiger partial charge on any atom is -0.480 e. The molecule has 1 atom stereocenters. The summed E-state index contributed by atoms with van der Waals surface area (Å²) in [6, 6.07) is 1.23. The highest BCUT2D eigenvalue weighted by molar-refractivity contribution is 7.91. The van der Waals surface area contributed by atoms with Crippen LogP contribution in [0.1, 0.15) is 25.7 Å². The highest BCUT2D eigenvalue weighted by atomic mass is 35.5. The molecule has 1 saturated carbocycles. The summed E-state index contributed by atoms with van der Waals surface area (Å²) < 4.78 is 52.9. The topological polar surface area (TPSA) is 83.5 Å². The summed E-state index contributed by atoms with van der Waals surface area (Å²) in [6.45, 7) is 0. The molecule has 0 radical (unpaired) electrons. The Labute approximate surface area is 135 Å². The number of thiophene rings is 1. The number of halogens is 3. The van der Waals surface area contributed by atoms with E-state index in [-0.39, 0.29) is 21.4 Å². The summed E-state index contributed by atoms with van der Waals surface area (Å²) in [6.07, 6.45) is -0.961. The quantitative estimate of drug-likeness (QED) is 0.831. The van der Waals surface area contributed by atoms with Crippen LogP contribution in [0.15, 0.2) is 16.3 Å². The van der Waals surface area contributed by atoms with Crippen molar-refractivity contribution in [2.45, 2.75) is 41.9 Å². The minimum atomic E-state index is -4.05. The van der Waals surface area contributed by atoms with Gasteiger partial charge in [0, 0.05) is 12.8 Å². The van der Waals surface area contributed by atoms with Gasteiger partial charge in [-0.3, -0.25) is 4.79 Å². The summed E-state index contributed by atoms with van der Waals surface area (Å²) in [5, 5.41) is 9.23. The molecule has 2 N–H and O–H groups in total. The third kappa shape index (κ3) is 4.15. The second-order valence-electron chi connectivity index (χ2n) is 5.19. The Balaban J connectivity index is 2.14. The van der Waals surface area contributed by atoms with Crippen molar-refractivity contribution in [3.63, 3.8) is 0 Å². The van der Waals surface area contributed by atoms with E-state index in [1.165, 1.54) is 12.1 Å². The standard InChI is InChI=1S/C12H14ClF2NO4S2/c13-8-1-2-9(21-8)22(19,20)16-10(11(17)18)7-3-5-12(14,15)6-4-7/h1-2,7,10,16H,3-6H2,(H,17,18). The van der Waals surface area contributed by atoms with E-state index in [0.717, 1.165) is 11.3 Å². The van der Waals surface area contributed by atoms with Gasteiger partial charge in [0.25, 0.3) is 10.0 Å². The van der Waals surface area contributed by atoms with Crippen molar-refractivity contribution in [1.29, 1.82) is 0 Å². The molecule has 1 fully saturated rings. The van der Waals surface area contributed by atoms with Gasteiger partial charge in [-0.1, -0.05) is 11.6 Å². The number of hydrogen-bond donors (Lipinski definition) is 2. The number of carboxylic acids is 1. The zero-order valence-corrected chi connectivity index (χ0v) is 13.6. The molecule has 0 aliphatic heterocycles. The molecule has 10 heteroatoms. The molecule has 124 valence electrons. The Bertz CT molecular complexity index is 652. The monoisotopic (exact) mass is 373 g/mol. The Morgan fingerprint density at radius 1 is 1.41 bits per heavy atom. The maximum absolute atomic E-state index is 13.1. The number of sulfonamides is 1. The van der Waals surface area contributed by atoms with Crippen molar-refractivity contribution < 1.29 is 27.1 Å². The largest absolute Gasteiger partial charge is 0.480 e. The van der Waals surface area contributed by atoms with E-state index in [2.05, 4.69) is 4.72 Å². The van der Waals surface area contributed by atoms with Crippen molar-refractivity contribution in [3.05, 3.63) is 16.5 Å². The number of aliphatic carboxylic acids is 1. The zero-order valence-electron chi connectivity index (χ0n) is 11.3. The first kappa shape index (κ1) is 17.6. The maximum Gasteiger partial charge on any atom is 0.322 e. The van der Waals surface area contributed by atoms with Gasteiger partial charge in [-0.2, -0.15) is 4.72 Å². The summed E-state index contributed by atoms with van der Waals surface area (Å²) in [4.78, 5) is 11.3. The fourth-order valence-electron chi connectivity index (χ4n) is 2.41. The number of carboxylic acid groups (broad SMARTS) is 1. The SMILES string of the molecule is O=C(O)C(NS(=O)(=O)c1ccc(Cl)s1)C1CCC(F)(F)CC1. The fourth-order valence-corrected chi connectivity index (χ4v) is 5.17. The van der Waals surface area contributed by atoms with E-state index in [1.807, 2.05) is 0 Å². The van der Waals surface area contributed by atoms with Gasteiger partial charge in [-0.15, -0.1) is 11.3 Å². The molecule has 2 rings (SSSR count). The molecule has 1 aliphatic carbocycles. The minimum absolute atomic E-state index is 0.0440. The molecule has 1 aliphatic rings. The molecule has 0 spiro atoms. The van der Waals surface area contributed by atoms with Crippen molar-refractivity contribution in [2.24, 2.45) is 5.92 Å². The normalized spacial score (nSPS) is 20.7. The van der Waals surface area contributed by atoms with Crippen LogP contribution in [0.5, 0.6) is 0 Å². The zero-order chi connectivity index (χ0) is 16.5. The van der Waals surface area contributed by atoms with Crippen LogP contribution in [-0.2, 0) is 14.8 Å². The van der Waals surface area contributed by atoms with E-state index in [0.29, 0.717) is 0 Å². The van der Waals surface area contributed by atoms with Crippen molar-refractivity contribution >= 4 is 38.9 Å². The van der Waals surface area contributed by atoms with Gasteiger partial charge >= 0.3 is 5.97 Å². The van der Waals surface area contributed by atoms with E-state index in [4.69, 9.17) is 11.6 Å². The van der Waals surface area contributed by atoms with E-state index in [1.54, 1.807) is 0 Å². The first-order valence-electron chi connectivity index (χ1n) is 6.49. The van der Waals surface area contributed by atoms with Crippen LogP contribution in [-0.4, -0.2) is 31.5 Å². The molecule has 1 unspecified atom stereocenters. The van der Waals surface area contributed by atoms with Crippen LogP contribution in [0.4, 0.5) is 8.78 Å². The smallest absolute Gasteiger partial charge is 0.322 e. The van der Waals surface area contributed by atoms with Gasteiger partial charge in [0.1, 0.15) is 10.3 Å². The van der Waals surface area contributed by atoms with Crippen LogP contribution in [0.2, 0.25) is 4.34 Å². The predicted molar refractivity (Wildman–Crippen MR) is 78.0 cm³/mol. The van der Waals surface area contributed by atoms with Gasteiger partial charge in [0.2, 0.25) is 5.92 Å². The summed E-state index contributed by atoms with van der Waals surface area (Å²) in [5.74, 6) is -4.84. The molecule has 1 aromatic rings. The Morgan fingerprint density at radius 2 is 2.00 bits per heavy atom. The number of alkyl halides is 2. The van der Waals surface area contributed by atoms with Gasteiger partial charge in [0.05, 0.1) is 4.34 Å². The lowest BCUT2D eigenvalue weighted by atomic mass is 9.82. The summed E-state index contributed by atoms with van der Waals surface area (Å²) >= 11 is 6.47. The van der Waals surface area contributed by atoms with E-state index < -0.39 is 46.7 Å². The van der Waals surface area contributed by atoms with Gasteiger partial charge in [-0.25, -0.2) is 17.2 Å². The summed E-state index contributed by atoms with van der Waals surface area (Å²) in [7, 11) is -4.05.